The molecule has 0 amide bonds. The predicted molar refractivity (Wildman–Crippen MR) is 103 cm³/mol. The number of hydrogen-bond acceptors (Lipinski definition) is 4. The van der Waals surface area contributed by atoms with Gasteiger partial charge in [0, 0.05) is 29.8 Å². The van der Waals surface area contributed by atoms with E-state index in [1.807, 2.05) is 23.1 Å². The first kappa shape index (κ1) is 22.8. The minimum atomic E-state index is -4.64. The first-order chi connectivity index (χ1) is 14.8. The van der Waals surface area contributed by atoms with Crippen molar-refractivity contribution in [2.75, 3.05) is 0 Å². The average Bonchev–Trinajstić information content (AvgIpc) is 3.49. The number of H-pyrrole nitrogens is 1. The fourth-order valence-electron chi connectivity index (χ4n) is 3.97. The van der Waals surface area contributed by atoms with Crippen molar-refractivity contribution in [2.24, 2.45) is 5.92 Å². The Kier molecular flexibility index (Phi) is 7.34. The van der Waals surface area contributed by atoms with Gasteiger partial charge in [-0.15, -0.1) is 0 Å². The van der Waals surface area contributed by atoms with Crippen molar-refractivity contribution in [3.8, 4) is 11.3 Å². The number of hydrogen-bond donors (Lipinski definition) is 1. The molecular weight excluding hydrogens is 421 g/mol. The van der Waals surface area contributed by atoms with E-state index in [1.165, 1.54) is 19.2 Å². The quantitative estimate of drug-likeness (QED) is 0.412. The van der Waals surface area contributed by atoms with E-state index in [-0.39, 0.29) is 12.5 Å². The Hall–Kier alpha value is -2.85. The lowest BCUT2D eigenvalue weighted by molar-refractivity contribution is -0.156. The normalized spacial score (nSPS) is 15.8. The Bertz CT molecular complexity index is 978. The highest BCUT2D eigenvalue weighted by molar-refractivity contribution is 5.89. The number of rotatable bonds is 6. The third-order valence-electron chi connectivity index (χ3n) is 5.33. The van der Waals surface area contributed by atoms with Gasteiger partial charge in [0.1, 0.15) is 12.0 Å². The molecule has 0 bridgehead atoms. The maximum Gasteiger partial charge on any atom is 0.446 e. The second-order valence-electron chi connectivity index (χ2n) is 7.41. The minimum Gasteiger partial charge on any atom is -0.346 e. The first-order valence-corrected chi connectivity index (χ1v) is 9.92. The summed E-state index contributed by atoms with van der Waals surface area (Å²) in [5, 5.41) is 5.44. The minimum absolute atomic E-state index is 0.0359. The molecule has 3 aromatic heterocycles. The fraction of sp³-hybridized carbons (Fsp3) is 0.500. The summed E-state index contributed by atoms with van der Waals surface area (Å²) in [7, 11) is 0. The molecule has 0 saturated heterocycles. The third-order valence-corrected chi connectivity index (χ3v) is 5.33. The lowest BCUT2D eigenvalue weighted by Gasteiger charge is -2.24. The molecule has 1 aliphatic rings. The van der Waals surface area contributed by atoms with Gasteiger partial charge in [0.25, 0.3) is 0 Å². The molecule has 4 rings (SSSR count). The van der Waals surface area contributed by atoms with Crippen molar-refractivity contribution >= 4 is 17.3 Å². The van der Waals surface area contributed by atoms with Crippen LogP contribution < -0.4 is 0 Å². The number of aromatic amines is 1. The maximum absolute atomic E-state index is 12.8. The molecule has 1 fully saturated rings. The highest BCUT2D eigenvalue weighted by Crippen LogP contribution is 2.38. The average molecular weight is 443 g/mol. The lowest BCUT2D eigenvalue weighted by atomic mass is 9.94. The Balaban J connectivity index is 0.000000401. The molecule has 1 saturated carbocycles. The van der Waals surface area contributed by atoms with Crippen molar-refractivity contribution < 1.29 is 26.7 Å². The summed E-state index contributed by atoms with van der Waals surface area (Å²) in [6, 6.07) is 1.97. The van der Waals surface area contributed by atoms with Gasteiger partial charge in [-0.1, -0.05) is 12.8 Å². The van der Waals surface area contributed by atoms with Gasteiger partial charge in [-0.3, -0.25) is 9.48 Å². The number of nitrogens with zero attached hydrogens (tertiary/aromatic N) is 4. The zero-order valence-corrected chi connectivity index (χ0v) is 16.5. The molecule has 1 atom stereocenters. The molecule has 0 aliphatic heterocycles. The maximum atomic E-state index is 12.8. The van der Waals surface area contributed by atoms with Crippen LogP contribution in [0.3, 0.4) is 0 Å². The summed E-state index contributed by atoms with van der Waals surface area (Å²) in [6.45, 7) is 0. The van der Waals surface area contributed by atoms with Crippen LogP contribution in [0.5, 0.6) is 0 Å². The summed E-state index contributed by atoms with van der Waals surface area (Å²) in [5.74, 6) is 0.434. The molecule has 168 valence electrons. The summed E-state index contributed by atoms with van der Waals surface area (Å²) in [4.78, 5) is 20.4. The van der Waals surface area contributed by atoms with Crippen LogP contribution in [0.4, 0.5) is 22.0 Å². The second kappa shape index (κ2) is 9.97. The van der Waals surface area contributed by atoms with Gasteiger partial charge < -0.3 is 4.98 Å². The summed E-state index contributed by atoms with van der Waals surface area (Å²) < 4.78 is 58.6. The largest absolute Gasteiger partial charge is 0.446 e. The van der Waals surface area contributed by atoms with Crippen LogP contribution in [0.25, 0.3) is 22.3 Å². The van der Waals surface area contributed by atoms with E-state index in [4.69, 9.17) is 4.79 Å². The smallest absolute Gasteiger partial charge is 0.346 e. The fourth-order valence-corrected chi connectivity index (χ4v) is 3.97. The number of carbonyl (C=O) groups is 1. The van der Waals surface area contributed by atoms with Gasteiger partial charge in [-0.25, -0.2) is 18.7 Å². The molecule has 1 N–H and O–H groups in total. The van der Waals surface area contributed by atoms with Crippen LogP contribution in [-0.2, 0) is 4.79 Å². The zero-order chi connectivity index (χ0) is 22.4. The highest BCUT2D eigenvalue weighted by Gasteiger charge is 2.28. The number of aldehydes is 1. The first-order valence-electron chi connectivity index (χ1n) is 9.92. The molecule has 0 aromatic carbocycles. The zero-order valence-electron chi connectivity index (χ0n) is 16.5. The summed E-state index contributed by atoms with van der Waals surface area (Å²) in [6.07, 6.45) is 4.05. The van der Waals surface area contributed by atoms with E-state index in [9.17, 15) is 22.0 Å². The van der Waals surface area contributed by atoms with E-state index in [1.54, 1.807) is 6.20 Å². The van der Waals surface area contributed by atoms with Crippen LogP contribution in [0.15, 0.2) is 31.0 Å². The summed E-state index contributed by atoms with van der Waals surface area (Å²) in [5.41, 5.74) is 2.49. The van der Waals surface area contributed by atoms with Crippen molar-refractivity contribution in [3.63, 3.8) is 0 Å². The van der Waals surface area contributed by atoms with Crippen LogP contribution in [0.1, 0.15) is 44.6 Å². The van der Waals surface area contributed by atoms with Crippen molar-refractivity contribution in [3.05, 3.63) is 31.0 Å². The SMILES string of the molecule is FC(F)CCC(C1CCCC1)n1cc(-c2ncnc3[nH]ccc23)cn1.O=CC(F)(F)F. The molecule has 11 heteroatoms. The molecule has 3 aromatic rings. The molecular formula is C20H22F5N5O. The number of fused-ring (bicyclic) bond motifs is 1. The van der Waals surface area contributed by atoms with Crippen molar-refractivity contribution in [1.29, 1.82) is 0 Å². The number of aromatic nitrogens is 5. The van der Waals surface area contributed by atoms with E-state index in [2.05, 4.69) is 20.1 Å². The van der Waals surface area contributed by atoms with Crippen molar-refractivity contribution in [1.82, 2.24) is 24.7 Å². The Morgan fingerprint density at radius 3 is 2.55 bits per heavy atom. The molecule has 1 unspecified atom stereocenters. The molecule has 6 nitrogen and oxygen atoms in total. The van der Waals surface area contributed by atoms with E-state index < -0.39 is 18.9 Å². The van der Waals surface area contributed by atoms with Gasteiger partial charge in [0.2, 0.25) is 12.7 Å². The van der Waals surface area contributed by atoms with Gasteiger partial charge in [-0.05, 0) is 31.2 Å². The molecule has 0 spiro atoms. The summed E-state index contributed by atoms with van der Waals surface area (Å²) >= 11 is 0. The monoisotopic (exact) mass is 443 g/mol. The van der Waals surface area contributed by atoms with Crippen molar-refractivity contribution in [2.45, 2.75) is 57.2 Å². The van der Waals surface area contributed by atoms with Gasteiger partial charge >= 0.3 is 6.18 Å². The standard InChI is InChI=1S/C18H21F2N5.C2HF3O/c19-16(20)6-5-15(12-3-1-2-4-12)25-10-13(9-24-25)17-14-7-8-21-18(14)23-11-22-17;3-2(4,5)1-6/h7-12,15-16H,1-6H2,(H,21,22,23);1H. The van der Waals surface area contributed by atoms with Crippen LogP contribution in [0, 0.1) is 5.92 Å². The van der Waals surface area contributed by atoms with Crippen LogP contribution in [0.2, 0.25) is 0 Å². The number of carbonyl (C=O) groups excluding carboxylic acids is 1. The van der Waals surface area contributed by atoms with Crippen LogP contribution in [-0.4, -0.2) is 43.6 Å². The molecule has 1 aliphatic carbocycles. The Morgan fingerprint density at radius 1 is 1.19 bits per heavy atom. The second-order valence-corrected chi connectivity index (χ2v) is 7.41. The number of halogens is 5. The van der Waals surface area contributed by atoms with Gasteiger partial charge in [0.05, 0.1) is 17.9 Å². The Morgan fingerprint density at radius 2 is 1.90 bits per heavy atom. The van der Waals surface area contributed by atoms with E-state index >= 15 is 0 Å². The number of alkyl halides is 5. The predicted octanol–water partition coefficient (Wildman–Crippen LogP) is 5.35. The van der Waals surface area contributed by atoms with E-state index in [0.29, 0.717) is 12.3 Å². The molecule has 3 heterocycles. The molecule has 0 radical (unpaired) electrons. The third kappa shape index (κ3) is 6.08. The van der Waals surface area contributed by atoms with Crippen LogP contribution >= 0.6 is 0 Å². The van der Waals surface area contributed by atoms with Gasteiger partial charge in [-0.2, -0.15) is 18.3 Å². The highest BCUT2D eigenvalue weighted by atomic mass is 19.4. The molecule has 31 heavy (non-hydrogen) atoms. The number of nitrogens with one attached hydrogen (secondary N) is 1. The van der Waals surface area contributed by atoms with E-state index in [0.717, 1.165) is 35.1 Å². The lowest BCUT2D eigenvalue weighted by Crippen LogP contribution is -2.19. The topological polar surface area (TPSA) is 76.5 Å². The Labute approximate surface area is 174 Å². The van der Waals surface area contributed by atoms with Gasteiger partial charge in [0.15, 0.2) is 0 Å².